The van der Waals surface area contributed by atoms with Crippen molar-refractivity contribution in [2.75, 3.05) is 27.3 Å². The number of ether oxygens (including phenoxy) is 2. The molecule has 28 heavy (non-hydrogen) atoms. The standard InChI is InChI=1S/C19H25N3O5S/c1-10-5-11(2)8-22(7-10)9-13-20-17(24)15-12(6-14(23)26-3)16(19(25)27-4)28-18(15)21-13/h10-11H,5-9H2,1-4H3,(H,20,21,24)/t10-,11-/m1/s1. The molecule has 152 valence electrons. The van der Waals surface area contributed by atoms with Gasteiger partial charge in [0.2, 0.25) is 0 Å². The van der Waals surface area contributed by atoms with Crippen LogP contribution in [-0.4, -0.2) is 54.1 Å². The number of thiophene rings is 1. The predicted octanol–water partition coefficient (Wildman–Crippen LogP) is 1.96. The molecule has 0 radical (unpaired) electrons. The second-order valence-electron chi connectivity index (χ2n) is 7.49. The van der Waals surface area contributed by atoms with Gasteiger partial charge in [-0.2, -0.15) is 0 Å². The Bertz CT molecular complexity index is 941. The third-order valence-electron chi connectivity index (χ3n) is 4.95. The molecule has 2 aromatic rings. The summed E-state index contributed by atoms with van der Waals surface area (Å²) in [7, 11) is 2.52. The van der Waals surface area contributed by atoms with Gasteiger partial charge in [0.25, 0.3) is 5.56 Å². The summed E-state index contributed by atoms with van der Waals surface area (Å²) in [6, 6.07) is 0. The van der Waals surface area contributed by atoms with E-state index in [0.717, 1.165) is 24.4 Å². The van der Waals surface area contributed by atoms with E-state index in [0.29, 0.717) is 34.6 Å². The highest BCUT2D eigenvalue weighted by atomic mass is 32.1. The molecule has 1 N–H and O–H groups in total. The highest BCUT2D eigenvalue weighted by Crippen LogP contribution is 2.29. The molecule has 2 atom stereocenters. The number of carbonyl (C=O) groups is 2. The first kappa shape index (κ1) is 20.5. The van der Waals surface area contributed by atoms with Crippen molar-refractivity contribution in [1.82, 2.24) is 14.9 Å². The molecule has 2 aromatic heterocycles. The number of H-pyrrole nitrogens is 1. The van der Waals surface area contributed by atoms with E-state index in [1.54, 1.807) is 0 Å². The van der Waals surface area contributed by atoms with Crippen LogP contribution in [0.5, 0.6) is 0 Å². The fourth-order valence-electron chi connectivity index (χ4n) is 3.96. The maximum absolute atomic E-state index is 12.8. The Hall–Kier alpha value is -2.26. The van der Waals surface area contributed by atoms with Crippen molar-refractivity contribution in [2.45, 2.75) is 33.2 Å². The van der Waals surface area contributed by atoms with Crippen molar-refractivity contribution in [3.05, 3.63) is 26.6 Å². The Kier molecular flexibility index (Phi) is 6.14. The lowest BCUT2D eigenvalue weighted by atomic mass is 9.92. The van der Waals surface area contributed by atoms with Gasteiger partial charge in [-0.1, -0.05) is 13.8 Å². The minimum Gasteiger partial charge on any atom is -0.469 e. The van der Waals surface area contributed by atoms with Crippen molar-refractivity contribution in [1.29, 1.82) is 0 Å². The van der Waals surface area contributed by atoms with Gasteiger partial charge < -0.3 is 14.5 Å². The van der Waals surface area contributed by atoms with Gasteiger partial charge in [-0.15, -0.1) is 11.3 Å². The molecule has 0 aromatic carbocycles. The largest absolute Gasteiger partial charge is 0.469 e. The van der Waals surface area contributed by atoms with Crippen molar-refractivity contribution in [3.8, 4) is 0 Å². The summed E-state index contributed by atoms with van der Waals surface area (Å²) in [6.07, 6.45) is 1.01. The number of fused-ring (bicyclic) bond motifs is 1. The quantitative estimate of drug-likeness (QED) is 0.756. The van der Waals surface area contributed by atoms with Gasteiger partial charge in [0, 0.05) is 18.7 Å². The number of methoxy groups -OCH3 is 2. The molecule has 0 bridgehead atoms. The highest BCUT2D eigenvalue weighted by Gasteiger charge is 2.26. The van der Waals surface area contributed by atoms with E-state index in [2.05, 4.69) is 28.7 Å². The second-order valence-corrected chi connectivity index (χ2v) is 8.49. The van der Waals surface area contributed by atoms with Crippen molar-refractivity contribution in [3.63, 3.8) is 0 Å². The molecular weight excluding hydrogens is 382 g/mol. The smallest absolute Gasteiger partial charge is 0.348 e. The number of likely N-dealkylation sites (tertiary alicyclic amines) is 1. The van der Waals surface area contributed by atoms with Crippen LogP contribution in [0.2, 0.25) is 0 Å². The van der Waals surface area contributed by atoms with E-state index in [4.69, 9.17) is 9.47 Å². The van der Waals surface area contributed by atoms with Crippen LogP contribution >= 0.6 is 11.3 Å². The minimum atomic E-state index is -0.596. The molecule has 3 rings (SSSR count). The molecule has 0 aliphatic carbocycles. The SMILES string of the molecule is COC(=O)Cc1c(C(=O)OC)sc2nc(CN3C[C@H](C)C[C@@H](C)C3)[nH]c(=O)c12. The normalized spacial score (nSPS) is 20.3. The molecule has 1 fully saturated rings. The molecule has 0 saturated carbocycles. The summed E-state index contributed by atoms with van der Waals surface area (Å²) in [5.41, 5.74) is -0.0531. The van der Waals surface area contributed by atoms with Gasteiger partial charge in [-0.25, -0.2) is 9.78 Å². The Morgan fingerprint density at radius 2 is 1.89 bits per heavy atom. The van der Waals surface area contributed by atoms with E-state index in [1.165, 1.54) is 20.6 Å². The third kappa shape index (κ3) is 4.25. The fraction of sp³-hybridized carbons (Fsp3) is 0.579. The summed E-state index contributed by atoms with van der Waals surface area (Å²) in [5.74, 6) is 0.615. The van der Waals surface area contributed by atoms with E-state index in [9.17, 15) is 14.4 Å². The Balaban J connectivity index is 1.99. The molecule has 3 heterocycles. The highest BCUT2D eigenvalue weighted by molar-refractivity contribution is 7.20. The number of piperidine rings is 1. The van der Waals surface area contributed by atoms with Crippen LogP contribution in [0, 0.1) is 11.8 Å². The molecule has 0 amide bonds. The van der Waals surface area contributed by atoms with Gasteiger partial charge in [-0.05, 0) is 18.3 Å². The van der Waals surface area contributed by atoms with Crippen LogP contribution < -0.4 is 5.56 Å². The van der Waals surface area contributed by atoms with Gasteiger partial charge in [0.15, 0.2) is 0 Å². The van der Waals surface area contributed by atoms with Gasteiger partial charge >= 0.3 is 11.9 Å². The van der Waals surface area contributed by atoms with E-state index in [-0.39, 0.29) is 22.2 Å². The lowest BCUT2D eigenvalue weighted by Crippen LogP contribution is -2.38. The number of carbonyl (C=O) groups excluding carboxylic acids is 2. The summed E-state index contributed by atoms with van der Waals surface area (Å²) >= 11 is 1.07. The molecular formula is C19H25N3O5S. The number of esters is 2. The second kappa shape index (κ2) is 8.40. The third-order valence-corrected chi connectivity index (χ3v) is 6.05. The zero-order chi connectivity index (χ0) is 20.4. The minimum absolute atomic E-state index is 0.188. The maximum atomic E-state index is 12.8. The Morgan fingerprint density at radius 3 is 2.50 bits per heavy atom. The average molecular weight is 407 g/mol. The molecule has 1 aliphatic heterocycles. The molecule has 1 aliphatic rings. The number of hydrogen-bond acceptors (Lipinski definition) is 8. The van der Waals surface area contributed by atoms with Crippen LogP contribution in [0.15, 0.2) is 4.79 Å². The predicted molar refractivity (Wildman–Crippen MR) is 106 cm³/mol. The first-order chi connectivity index (χ1) is 13.3. The lowest BCUT2D eigenvalue weighted by Gasteiger charge is -2.34. The van der Waals surface area contributed by atoms with Crippen molar-refractivity contribution < 1.29 is 19.1 Å². The summed E-state index contributed by atoms with van der Waals surface area (Å²) < 4.78 is 9.51. The van der Waals surface area contributed by atoms with Crippen molar-refractivity contribution >= 4 is 33.5 Å². The zero-order valence-electron chi connectivity index (χ0n) is 16.5. The number of hydrogen-bond donors (Lipinski definition) is 1. The van der Waals surface area contributed by atoms with Crippen molar-refractivity contribution in [2.24, 2.45) is 11.8 Å². The molecule has 0 spiro atoms. The Morgan fingerprint density at radius 1 is 1.21 bits per heavy atom. The first-order valence-electron chi connectivity index (χ1n) is 9.24. The zero-order valence-corrected chi connectivity index (χ0v) is 17.4. The fourth-order valence-corrected chi connectivity index (χ4v) is 5.09. The number of nitrogens with one attached hydrogen (secondary N) is 1. The van der Waals surface area contributed by atoms with Gasteiger partial charge in [0.05, 0.1) is 32.6 Å². The monoisotopic (exact) mass is 407 g/mol. The van der Waals surface area contributed by atoms with Gasteiger partial charge in [0.1, 0.15) is 15.5 Å². The van der Waals surface area contributed by atoms with Crippen LogP contribution in [0.3, 0.4) is 0 Å². The first-order valence-corrected chi connectivity index (χ1v) is 10.1. The van der Waals surface area contributed by atoms with Crippen LogP contribution in [0.25, 0.3) is 10.2 Å². The summed E-state index contributed by atoms with van der Waals surface area (Å²) in [4.78, 5) is 47.0. The van der Waals surface area contributed by atoms with E-state index >= 15 is 0 Å². The summed E-state index contributed by atoms with van der Waals surface area (Å²) in [5, 5.41) is 0.250. The van der Waals surface area contributed by atoms with E-state index in [1.807, 2.05) is 0 Å². The average Bonchev–Trinajstić information content (AvgIpc) is 2.98. The topological polar surface area (TPSA) is 102 Å². The maximum Gasteiger partial charge on any atom is 0.348 e. The molecule has 8 nitrogen and oxygen atoms in total. The molecule has 0 unspecified atom stereocenters. The summed E-state index contributed by atoms with van der Waals surface area (Å²) in [6.45, 7) is 6.90. The van der Waals surface area contributed by atoms with Gasteiger partial charge in [-0.3, -0.25) is 14.5 Å². The molecule has 1 saturated heterocycles. The molecule has 9 heteroatoms. The van der Waals surface area contributed by atoms with Crippen LogP contribution in [-0.2, 0) is 27.2 Å². The van der Waals surface area contributed by atoms with Crippen LogP contribution in [0.1, 0.15) is 41.3 Å². The lowest BCUT2D eigenvalue weighted by molar-refractivity contribution is -0.139. The number of rotatable bonds is 5. The van der Waals surface area contributed by atoms with Crippen LogP contribution in [0.4, 0.5) is 0 Å². The number of nitrogens with zero attached hydrogens (tertiary/aromatic N) is 2. The number of aromatic nitrogens is 2. The Labute approximate surface area is 166 Å². The van der Waals surface area contributed by atoms with E-state index < -0.39 is 11.9 Å². The number of aromatic amines is 1.